The predicted octanol–water partition coefficient (Wildman–Crippen LogP) is 2.07. The zero-order valence-corrected chi connectivity index (χ0v) is 8.58. The first kappa shape index (κ1) is 9.21. The molecule has 72 valence electrons. The van der Waals surface area contributed by atoms with Gasteiger partial charge in [0.05, 0.1) is 5.69 Å². The van der Waals surface area contributed by atoms with E-state index in [9.17, 15) is 9.18 Å². The number of H-pyrrole nitrogens is 1. The molecule has 0 fully saturated rings. The number of imidazole rings is 1. The van der Waals surface area contributed by atoms with Crippen molar-refractivity contribution in [2.24, 2.45) is 0 Å². The third-order valence-corrected chi connectivity index (χ3v) is 2.49. The minimum atomic E-state index is -0.378. The Labute approximate surface area is 87.3 Å². The van der Waals surface area contributed by atoms with Crippen LogP contribution in [0.1, 0.15) is 0 Å². The first-order chi connectivity index (χ1) is 6.68. The van der Waals surface area contributed by atoms with Crippen LogP contribution in [0.2, 0.25) is 0 Å². The second kappa shape index (κ2) is 3.42. The molecule has 0 aliphatic rings. The topological polar surface area (TPSA) is 37.8 Å². The molecule has 1 N–H and O–H groups in total. The quantitative estimate of drug-likeness (QED) is 0.834. The lowest BCUT2D eigenvalue weighted by molar-refractivity contribution is 0.626. The molecule has 0 radical (unpaired) electrons. The van der Waals surface area contributed by atoms with Gasteiger partial charge in [0.1, 0.15) is 5.82 Å². The van der Waals surface area contributed by atoms with Gasteiger partial charge in [0.25, 0.3) is 0 Å². The summed E-state index contributed by atoms with van der Waals surface area (Å²) in [7, 11) is 0. The van der Waals surface area contributed by atoms with Gasteiger partial charge in [-0.1, -0.05) is 0 Å². The molecule has 0 amide bonds. The van der Waals surface area contributed by atoms with Gasteiger partial charge >= 0.3 is 5.69 Å². The molecule has 2 aromatic rings. The molecule has 1 aromatic carbocycles. The Morgan fingerprint density at radius 3 is 2.86 bits per heavy atom. The normalized spacial score (nSPS) is 10.4. The highest BCUT2D eigenvalue weighted by Crippen LogP contribution is 2.20. The summed E-state index contributed by atoms with van der Waals surface area (Å²) < 4.78 is 14.9. The molecule has 0 spiro atoms. The van der Waals surface area contributed by atoms with E-state index >= 15 is 0 Å². The number of halogens is 2. The highest BCUT2D eigenvalue weighted by Gasteiger charge is 2.05. The minimum absolute atomic E-state index is 0.295. The molecule has 0 bridgehead atoms. The molecule has 1 heterocycles. The molecule has 0 saturated carbocycles. The summed E-state index contributed by atoms with van der Waals surface area (Å²) >= 11 is 3.25. The van der Waals surface area contributed by atoms with Crippen LogP contribution in [-0.4, -0.2) is 9.55 Å². The number of hydrogen-bond acceptors (Lipinski definition) is 1. The van der Waals surface area contributed by atoms with Crippen molar-refractivity contribution < 1.29 is 4.39 Å². The van der Waals surface area contributed by atoms with Gasteiger partial charge in [-0.15, -0.1) is 0 Å². The second-order valence-electron chi connectivity index (χ2n) is 2.73. The standard InChI is InChI=1S/C9H6BrFN2O/c10-7-2-1-6(11)5-8(7)13-4-3-12-9(13)14/h1-5H,(H,12,14). The van der Waals surface area contributed by atoms with Crippen molar-refractivity contribution >= 4 is 15.9 Å². The molecule has 0 unspecified atom stereocenters. The van der Waals surface area contributed by atoms with E-state index in [1.807, 2.05) is 0 Å². The average molecular weight is 257 g/mol. The fraction of sp³-hybridized carbons (Fsp3) is 0. The van der Waals surface area contributed by atoms with Crippen molar-refractivity contribution in [3.8, 4) is 5.69 Å². The zero-order chi connectivity index (χ0) is 10.1. The molecular weight excluding hydrogens is 251 g/mol. The number of aromatic amines is 1. The van der Waals surface area contributed by atoms with Crippen LogP contribution in [0.15, 0.2) is 39.9 Å². The van der Waals surface area contributed by atoms with Gasteiger partial charge in [0.2, 0.25) is 0 Å². The number of hydrogen-bond donors (Lipinski definition) is 1. The lowest BCUT2D eigenvalue weighted by Crippen LogP contribution is -2.14. The average Bonchev–Trinajstić information content (AvgIpc) is 2.56. The van der Waals surface area contributed by atoms with E-state index in [4.69, 9.17) is 0 Å². The van der Waals surface area contributed by atoms with Crippen LogP contribution in [0.4, 0.5) is 4.39 Å². The van der Waals surface area contributed by atoms with Crippen LogP contribution in [-0.2, 0) is 0 Å². The van der Waals surface area contributed by atoms with Crippen molar-refractivity contribution in [3.63, 3.8) is 0 Å². The van der Waals surface area contributed by atoms with Crippen LogP contribution in [0.3, 0.4) is 0 Å². The van der Waals surface area contributed by atoms with Crippen LogP contribution in [0.5, 0.6) is 0 Å². The van der Waals surface area contributed by atoms with Crippen molar-refractivity contribution in [2.75, 3.05) is 0 Å². The Balaban J connectivity index is 2.68. The van der Waals surface area contributed by atoms with Crippen molar-refractivity contribution in [1.29, 1.82) is 0 Å². The van der Waals surface area contributed by atoms with Crippen molar-refractivity contribution in [1.82, 2.24) is 9.55 Å². The maximum Gasteiger partial charge on any atom is 0.330 e. The smallest absolute Gasteiger partial charge is 0.312 e. The van der Waals surface area contributed by atoms with Gasteiger partial charge in [-0.2, -0.15) is 0 Å². The van der Waals surface area contributed by atoms with Gasteiger partial charge in [-0.05, 0) is 34.1 Å². The predicted molar refractivity (Wildman–Crippen MR) is 54.0 cm³/mol. The Bertz CT molecular complexity index is 518. The summed E-state index contributed by atoms with van der Waals surface area (Å²) in [5.74, 6) is -0.378. The van der Waals surface area contributed by atoms with E-state index in [2.05, 4.69) is 20.9 Å². The summed E-state index contributed by atoms with van der Waals surface area (Å²) in [6, 6.07) is 4.18. The number of nitrogens with zero attached hydrogens (tertiary/aromatic N) is 1. The third kappa shape index (κ3) is 1.50. The molecular formula is C9H6BrFN2O. The molecule has 3 nitrogen and oxygen atoms in total. The van der Waals surface area contributed by atoms with E-state index in [1.54, 1.807) is 12.3 Å². The molecule has 14 heavy (non-hydrogen) atoms. The summed E-state index contributed by atoms with van der Waals surface area (Å²) in [6.45, 7) is 0. The SMILES string of the molecule is O=c1[nH]ccn1-c1cc(F)ccc1Br. The first-order valence-corrected chi connectivity index (χ1v) is 4.69. The molecule has 0 saturated heterocycles. The molecule has 0 aliphatic heterocycles. The Kier molecular flexibility index (Phi) is 2.25. The van der Waals surface area contributed by atoms with E-state index in [0.717, 1.165) is 0 Å². The minimum Gasteiger partial charge on any atom is -0.312 e. The maximum atomic E-state index is 12.9. The summed E-state index contributed by atoms with van der Waals surface area (Å²) in [5, 5.41) is 0. The first-order valence-electron chi connectivity index (χ1n) is 3.90. The van der Waals surface area contributed by atoms with Gasteiger partial charge in [-0.3, -0.25) is 4.57 Å². The fourth-order valence-electron chi connectivity index (χ4n) is 1.18. The number of rotatable bonds is 1. The summed E-state index contributed by atoms with van der Waals surface area (Å²) in [5.41, 5.74) is 0.188. The maximum absolute atomic E-state index is 12.9. The van der Waals surface area contributed by atoms with Gasteiger partial charge < -0.3 is 4.98 Å². The van der Waals surface area contributed by atoms with E-state index in [0.29, 0.717) is 10.2 Å². The van der Waals surface area contributed by atoms with Crippen LogP contribution in [0, 0.1) is 5.82 Å². The monoisotopic (exact) mass is 256 g/mol. The number of nitrogens with one attached hydrogen (secondary N) is 1. The highest BCUT2D eigenvalue weighted by atomic mass is 79.9. The lowest BCUT2D eigenvalue weighted by atomic mass is 10.3. The Morgan fingerprint density at radius 2 is 2.21 bits per heavy atom. The molecule has 5 heteroatoms. The van der Waals surface area contributed by atoms with Crippen LogP contribution >= 0.6 is 15.9 Å². The van der Waals surface area contributed by atoms with E-state index in [1.165, 1.54) is 22.9 Å². The van der Waals surface area contributed by atoms with E-state index < -0.39 is 0 Å². The molecule has 0 aliphatic carbocycles. The van der Waals surface area contributed by atoms with Gasteiger partial charge in [0.15, 0.2) is 0 Å². The van der Waals surface area contributed by atoms with Crippen molar-refractivity contribution in [3.05, 3.63) is 51.4 Å². The lowest BCUT2D eigenvalue weighted by Gasteiger charge is -2.03. The summed E-state index contributed by atoms with van der Waals surface area (Å²) in [4.78, 5) is 13.7. The van der Waals surface area contributed by atoms with Crippen LogP contribution in [0.25, 0.3) is 5.69 Å². The molecule has 0 atom stereocenters. The largest absolute Gasteiger partial charge is 0.330 e. The number of benzene rings is 1. The van der Waals surface area contributed by atoms with E-state index in [-0.39, 0.29) is 11.5 Å². The van der Waals surface area contributed by atoms with Crippen molar-refractivity contribution in [2.45, 2.75) is 0 Å². The van der Waals surface area contributed by atoms with Gasteiger partial charge in [0, 0.05) is 16.9 Å². The Hall–Kier alpha value is -1.36. The number of aromatic nitrogens is 2. The fourth-order valence-corrected chi connectivity index (χ4v) is 1.62. The Morgan fingerprint density at radius 1 is 1.43 bits per heavy atom. The van der Waals surface area contributed by atoms with Gasteiger partial charge in [-0.25, -0.2) is 9.18 Å². The molecule has 1 aromatic heterocycles. The highest BCUT2D eigenvalue weighted by molar-refractivity contribution is 9.10. The zero-order valence-electron chi connectivity index (χ0n) is 7.00. The summed E-state index contributed by atoms with van der Waals surface area (Å²) in [6.07, 6.45) is 3.04. The molecule has 2 rings (SSSR count). The van der Waals surface area contributed by atoms with Crippen LogP contribution < -0.4 is 5.69 Å². The third-order valence-electron chi connectivity index (χ3n) is 1.82. The second-order valence-corrected chi connectivity index (χ2v) is 3.59.